The van der Waals surface area contributed by atoms with Crippen molar-refractivity contribution in [2.75, 3.05) is 7.11 Å². The van der Waals surface area contributed by atoms with Gasteiger partial charge in [-0.05, 0) is 73.2 Å². The maximum Gasteiger partial charge on any atom is 0.269 e. The number of amides is 2. The highest BCUT2D eigenvalue weighted by molar-refractivity contribution is 6.01. The van der Waals surface area contributed by atoms with Crippen LogP contribution in [0, 0.1) is 5.92 Å². The molecule has 1 atom stereocenters. The molecule has 1 aliphatic rings. The van der Waals surface area contributed by atoms with Crippen molar-refractivity contribution in [1.82, 2.24) is 15.8 Å². The van der Waals surface area contributed by atoms with Crippen molar-refractivity contribution in [2.45, 2.75) is 26.2 Å². The Bertz CT molecular complexity index is 1040. The zero-order valence-electron chi connectivity index (χ0n) is 16.0. The van der Waals surface area contributed by atoms with Crippen molar-refractivity contribution in [1.29, 1.82) is 0 Å². The predicted octanol–water partition coefficient (Wildman–Crippen LogP) is 3.38. The number of rotatable bonds is 3. The van der Waals surface area contributed by atoms with Crippen LogP contribution >= 0.6 is 0 Å². The van der Waals surface area contributed by atoms with Gasteiger partial charge in [0.15, 0.2) is 0 Å². The highest BCUT2D eigenvalue weighted by Crippen LogP contribution is 2.32. The molecule has 0 radical (unpaired) electrons. The second-order valence-electron chi connectivity index (χ2n) is 7.33. The summed E-state index contributed by atoms with van der Waals surface area (Å²) in [5.41, 5.74) is 9.54. The first-order valence-corrected chi connectivity index (χ1v) is 9.43. The van der Waals surface area contributed by atoms with Crippen LogP contribution in [0.4, 0.5) is 0 Å². The summed E-state index contributed by atoms with van der Waals surface area (Å²) in [6.45, 7) is 2.26. The van der Waals surface area contributed by atoms with E-state index in [1.54, 1.807) is 37.4 Å². The number of aromatic amines is 1. The van der Waals surface area contributed by atoms with E-state index in [0.717, 1.165) is 23.7 Å². The summed E-state index contributed by atoms with van der Waals surface area (Å²) in [7, 11) is 1.56. The number of hydrazine groups is 1. The topological polar surface area (TPSA) is 83.2 Å². The highest BCUT2D eigenvalue weighted by atomic mass is 16.5. The molecule has 2 amide bonds. The molecule has 0 saturated carbocycles. The summed E-state index contributed by atoms with van der Waals surface area (Å²) in [6, 6.07) is 12.3. The third kappa shape index (κ3) is 3.45. The average Bonchev–Trinajstić information content (AvgIpc) is 3.08. The van der Waals surface area contributed by atoms with Gasteiger partial charge in [-0.2, -0.15) is 0 Å². The van der Waals surface area contributed by atoms with E-state index in [4.69, 9.17) is 4.74 Å². The number of ether oxygens (including phenoxy) is 1. The number of benzene rings is 2. The van der Waals surface area contributed by atoms with Gasteiger partial charge in [0.25, 0.3) is 11.8 Å². The van der Waals surface area contributed by atoms with Crippen LogP contribution in [0.15, 0.2) is 42.5 Å². The van der Waals surface area contributed by atoms with Crippen LogP contribution in [-0.4, -0.2) is 23.9 Å². The number of methoxy groups -OCH3 is 1. The summed E-state index contributed by atoms with van der Waals surface area (Å²) in [4.78, 5) is 28.2. The lowest BCUT2D eigenvalue weighted by Gasteiger charge is -2.18. The first kappa shape index (κ1) is 18.1. The largest absolute Gasteiger partial charge is 0.497 e. The average molecular weight is 377 g/mol. The van der Waals surface area contributed by atoms with E-state index in [-0.39, 0.29) is 11.8 Å². The highest BCUT2D eigenvalue weighted by Gasteiger charge is 2.20. The zero-order chi connectivity index (χ0) is 19.7. The first-order valence-electron chi connectivity index (χ1n) is 9.43. The Labute approximate surface area is 163 Å². The molecule has 1 heterocycles. The Morgan fingerprint density at radius 2 is 1.71 bits per heavy atom. The van der Waals surface area contributed by atoms with E-state index in [1.165, 1.54) is 17.7 Å². The molecule has 28 heavy (non-hydrogen) atoms. The van der Waals surface area contributed by atoms with E-state index in [0.29, 0.717) is 22.8 Å². The van der Waals surface area contributed by atoms with Crippen molar-refractivity contribution >= 4 is 22.7 Å². The number of carbonyl (C=O) groups excluding carboxylic acids is 2. The standard InChI is InChI=1S/C22H23N3O3/c1-13-3-9-19-17(11-13)18-12-15(6-10-20(18)23-19)22(27)25-24-21(26)14-4-7-16(28-2)8-5-14/h4-8,10,12-13,23H,3,9,11H2,1-2H3,(H,24,26)(H,25,27). The van der Waals surface area contributed by atoms with Crippen molar-refractivity contribution in [3.63, 3.8) is 0 Å². The van der Waals surface area contributed by atoms with Gasteiger partial charge in [-0.3, -0.25) is 20.4 Å². The Balaban J connectivity index is 1.47. The minimum absolute atomic E-state index is 0.345. The number of carbonyl (C=O) groups is 2. The maximum absolute atomic E-state index is 12.5. The minimum atomic E-state index is -0.384. The van der Waals surface area contributed by atoms with E-state index in [1.807, 2.05) is 12.1 Å². The van der Waals surface area contributed by atoms with Gasteiger partial charge in [0.05, 0.1) is 7.11 Å². The molecule has 6 heteroatoms. The molecule has 3 N–H and O–H groups in total. The number of fused-ring (bicyclic) bond motifs is 3. The smallest absolute Gasteiger partial charge is 0.269 e. The molecule has 0 saturated heterocycles. The van der Waals surface area contributed by atoms with Gasteiger partial charge >= 0.3 is 0 Å². The summed E-state index contributed by atoms with van der Waals surface area (Å²) in [5, 5.41) is 1.09. The van der Waals surface area contributed by atoms with Gasteiger partial charge in [-0.15, -0.1) is 0 Å². The number of aromatic nitrogens is 1. The molecule has 1 aliphatic carbocycles. The number of hydrogen-bond donors (Lipinski definition) is 3. The van der Waals surface area contributed by atoms with E-state index in [9.17, 15) is 9.59 Å². The zero-order valence-corrected chi connectivity index (χ0v) is 16.0. The normalized spacial score (nSPS) is 15.7. The van der Waals surface area contributed by atoms with Gasteiger partial charge in [0.1, 0.15) is 5.75 Å². The molecular formula is C22H23N3O3. The molecule has 0 spiro atoms. The molecule has 1 unspecified atom stereocenters. The van der Waals surface area contributed by atoms with Crippen LogP contribution in [-0.2, 0) is 12.8 Å². The lowest BCUT2D eigenvalue weighted by molar-refractivity contribution is 0.0846. The quantitative estimate of drug-likeness (QED) is 0.612. The van der Waals surface area contributed by atoms with Gasteiger partial charge in [0.2, 0.25) is 0 Å². The fourth-order valence-corrected chi connectivity index (χ4v) is 3.73. The summed E-state index contributed by atoms with van der Waals surface area (Å²) in [6.07, 6.45) is 3.25. The van der Waals surface area contributed by atoms with Crippen LogP contribution in [0.2, 0.25) is 0 Å². The van der Waals surface area contributed by atoms with Crippen LogP contribution < -0.4 is 15.6 Å². The fourth-order valence-electron chi connectivity index (χ4n) is 3.73. The van der Waals surface area contributed by atoms with Gasteiger partial charge in [-0.1, -0.05) is 6.92 Å². The first-order chi connectivity index (χ1) is 13.5. The lowest BCUT2D eigenvalue weighted by Crippen LogP contribution is -2.41. The third-order valence-corrected chi connectivity index (χ3v) is 5.34. The number of nitrogens with one attached hydrogen (secondary N) is 3. The molecule has 0 bridgehead atoms. The third-order valence-electron chi connectivity index (χ3n) is 5.34. The predicted molar refractivity (Wildman–Crippen MR) is 107 cm³/mol. The molecule has 2 aromatic carbocycles. The van der Waals surface area contributed by atoms with Crippen LogP contribution in [0.25, 0.3) is 10.9 Å². The van der Waals surface area contributed by atoms with Crippen molar-refractivity contribution in [3.05, 3.63) is 64.8 Å². The molecule has 3 aromatic rings. The second kappa shape index (κ2) is 7.38. The molecule has 144 valence electrons. The monoisotopic (exact) mass is 377 g/mol. The molecule has 6 nitrogen and oxygen atoms in total. The SMILES string of the molecule is COc1ccc(C(=O)NNC(=O)c2ccc3[nH]c4c(c3c2)CC(C)CC4)cc1. The van der Waals surface area contributed by atoms with Gasteiger partial charge in [-0.25, -0.2) is 0 Å². The van der Waals surface area contributed by atoms with Crippen molar-refractivity contribution in [3.8, 4) is 5.75 Å². The van der Waals surface area contributed by atoms with E-state index < -0.39 is 0 Å². The Hall–Kier alpha value is -3.28. The van der Waals surface area contributed by atoms with Crippen molar-refractivity contribution < 1.29 is 14.3 Å². The minimum Gasteiger partial charge on any atom is -0.497 e. The van der Waals surface area contributed by atoms with Crippen molar-refractivity contribution in [2.24, 2.45) is 5.92 Å². The summed E-state index contributed by atoms with van der Waals surface area (Å²) >= 11 is 0. The van der Waals surface area contributed by atoms with Gasteiger partial charge in [0, 0.05) is 27.7 Å². The van der Waals surface area contributed by atoms with E-state index in [2.05, 4.69) is 22.8 Å². The molecule has 0 aliphatic heterocycles. The Kier molecular flexibility index (Phi) is 4.77. The fraction of sp³-hybridized carbons (Fsp3) is 0.273. The second-order valence-corrected chi connectivity index (χ2v) is 7.33. The maximum atomic E-state index is 12.5. The van der Waals surface area contributed by atoms with Gasteiger partial charge < -0.3 is 9.72 Å². The number of hydrogen-bond acceptors (Lipinski definition) is 3. The molecule has 4 rings (SSSR count). The lowest BCUT2D eigenvalue weighted by atomic mass is 9.87. The number of aryl methyl sites for hydroxylation is 1. The van der Waals surface area contributed by atoms with E-state index >= 15 is 0 Å². The Morgan fingerprint density at radius 3 is 2.43 bits per heavy atom. The van der Waals surface area contributed by atoms with Crippen LogP contribution in [0.5, 0.6) is 5.75 Å². The summed E-state index contributed by atoms with van der Waals surface area (Å²) in [5.74, 6) is 0.582. The Morgan fingerprint density at radius 1 is 1.04 bits per heavy atom. The van der Waals surface area contributed by atoms with Crippen LogP contribution in [0.1, 0.15) is 45.3 Å². The molecule has 1 aromatic heterocycles. The number of H-pyrrole nitrogens is 1. The molecule has 0 fully saturated rings. The van der Waals surface area contributed by atoms with Crippen LogP contribution in [0.3, 0.4) is 0 Å². The molecular weight excluding hydrogens is 354 g/mol. The summed E-state index contributed by atoms with van der Waals surface area (Å²) < 4.78 is 5.08.